The van der Waals surface area contributed by atoms with Gasteiger partial charge in [0.1, 0.15) is 18.1 Å². The zero-order chi connectivity index (χ0) is 14.4. The van der Waals surface area contributed by atoms with Gasteiger partial charge in [-0.05, 0) is 36.4 Å². The average molecular weight is 291 g/mol. The number of hydrogen-bond donors (Lipinski definition) is 1. The second-order valence-corrected chi connectivity index (χ2v) is 5.68. The molecular weight excluding hydrogens is 274 g/mol. The average Bonchev–Trinajstić information content (AvgIpc) is 2.49. The van der Waals surface area contributed by atoms with Crippen molar-refractivity contribution in [1.29, 1.82) is 0 Å². The molecule has 20 heavy (non-hydrogen) atoms. The van der Waals surface area contributed by atoms with Crippen molar-refractivity contribution in [2.75, 3.05) is 25.2 Å². The highest BCUT2D eigenvalue weighted by molar-refractivity contribution is 7.85. The summed E-state index contributed by atoms with van der Waals surface area (Å²) in [7, 11) is 0.506. The summed E-state index contributed by atoms with van der Waals surface area (Å²) in [5.74, 6) is 1.79. The molecular formula is C15H17NO3S. The summed E-state index contributed by atoms with van der Waals surface area (Å²) in [5, 5.41) is 0. The topological polar surface area (TPSA) is 61.5 Å². The normalized spacial score (nSPS) is 11.8. The number of nitrogen functional groups attached to an aromatic ring is 1. The van der Waals surface area contributed by atoms with E-state index in [9.17, 15) is 4.21 Å². The molecule has 0 spiro atoms. The molecule has 1 unspecified atom stereocenters. The van der Waals surface area contributed by atoms with E-state index in [1.165, 1.54) is 0 Å². The first-order valence-electron chi connectivity index (χ1n) is 6.20. The maximum absolute atomic E-state index is 12.1. The minimum absolute atomic E-state index is 0.354. The lowest BCUT2D eigenvalue weighted by Crippen LogP contribution is -2.09. The highest BCUT2D eigenvalue weighted by Crippen LogP contribution is 2.20. The second-order valence-electron chi connectivity index (χ2n) is 4.11. The van der Waals surface area contributed by atoms with Crippen molar-refractivity contribution < 1.29 is 13.7 Å². The van der Waals surface area contributed by atoms with E-state index in [1.54, 1.807) is 43.5 Å². The van der Waals surface area contributed by atoms with Gasteiger partial charge in [0.25, 0.3) is 0 Å². The van der Waals surface area contributed by atoms with E-state index in [0.29, 0.717) is 23.8 Å². The van der Waals surface area contributed by atoms with Crippen LogP contribution in [0.5, 0.6) is 11.5 Å². The quantitative estimate of drug-likeness (QED) is 0.831. The van der Waals surface area contributed by atoms with Crippen molar-refractivity contribution in [2.45, 2.75) is 4.90 Å². The molecule has 1 atom stereocenters. The first-order valence-corrected chi connectivity index (χ1v) is 7.52. The van der Waals surface area contributed by atoms with Gasteiger partial charge in [0.15, 0.2) is 0 Å². The van der Waals surface area contributed by atoms with Crippen molar-refractivity contribution in [3.05, 3.63) is 48.5 Å². The van der Waals surface area contributed by atoms with Gasteiger partial charge in [-0.2, -0.15) is 0 Å². The van der Waals surface area contributed by atoms with E-state index in [1.807, 2.05) is 12.1 Å². The third-order valence-electron chi connectivity index (χ3n) is 2.77. The second kappa shape index (κ2) is 6.96. The number of nitrogens with two attached hydrogens (primary N) is 1. The number of anilines is 1. The molecule has 0 bridgehead atoms. The predicted molar refractivity (Wildman–Crippen MR) is 80.6 cm³/mol. The zero-order valence-electron chi connectivity index (χ0n) is 11.2. The van der Waals surface area contributed by atoms with Gasteiger partial charge in [-0.15, -0.1) is 0 Å². The standard InChI is InChI=1S/C15H17NO3S/c1-18-12-6-8-13(9-7-12)20(17)11-10-19-15-5-3-2-4-14(15)16/h2-9H,10-11,16H2,1H3. The van der Waals surface area contributed by atoms with E-state index < -0.39 is 10.8 Å². The zero-order valence-corrected chi connectivity index (χ0v) is 12.1. The fourth-order valence-electron chi connectivity index (χ4n) is 1.68. The number of ether oxygens (including phenoxy) is 2. The SMILES string of the molecule is COc1ccc(S(=O)CCOc2ccccc2N)cc1. The van der Waals surface area contributed by atoms with Crippen LogP contribution in [0.25, 0.3) is 0 Å². The molecule has 0 aliphatic rings. The van der Waals surface area contributed by atoms with Crippen LogP contribution in [0.3, 0.4) is 0 Å². The predicted octanol–water partition coefficient (Wildman–Crippen LogP) is 2.46. The summed E-state index contributed by atoms with van der Waals surface area (Å²) in [6.45, 7) is 0.354. The molecule has 2 aromatic rings. The highest BCUT2D eigenvalue weighted by atomic mass is 32.2. The molecule has 0 aliphatic carbocycles. The van der Waals surface area contributed by atoms with Gasteiger partial charge in [-0.3, -0.25) is 4.21 Å². The molecule has 2 aromatic carbocycles. The Morgan fingerprint density at radius 1 is 1.10 bits per heavy atom. The van der Waals surface area contributed by atoms with E-state index in [2.05, 4.69) is 0 Å². The van der Waals surface area contributed by atoms with E-state index in [-0.39, 0.29) is 0 Å². The van der Waals surface area contributed by atoms with Crippen LogP contribution in [0, 0.1) is 0 Å². The van der Waals surface area contributed by atoms with Gasteiger partial charge in [0.05, 0.1) is 29.3 Å². The Labute approximate surface area is 121 Å². The van der Waals surface area contributed by atoms with Crippen LogP contribution in [0.15, 0.2) is 53.4 Å². The van der Waals surface area contributed by atoms with Crippen molar-refractivity contribution in [3.63, 3.8) is 0 Å². The smallest absolute Gasteiger partial charge is 0.142 e. The van der Waals surface area contributed by atoms with E-state index in [0.717, 1.165) is 10.6 Å². The van der Waals surface area contributed by atoms with Gasteiger partial charge < -0.3 is 15.2 Å². The molecule has 0 fully saturated rings. The van der Waals surface area contributed by atoms with Crippen LogP contribution >= 0.6 is 0 Å². The minimum atomic E-state index is -1.10. The molecule has 0 amide bonds. The monoisotopic (exact) mass is 291 g/mol. The molecule has 2 N–H and O–H groups in total. The number of methoxy groups -OCH3 is 1. The first-order chi connectivity index (χ1) is 9.70. The Hall–Kier alpha value is -2.01. The summed E-state index contributed by atoms with van der Waals surface area (Å²) in [6.07, 6.45) is 0. The van der Waals surface area contributed by atoms with E-state index in [4.69, 9.17) is 15.2 Å². The molecule has 0 aromatic heterocycles. The molecule has 5 heteroatoms. The number of para-hydroxylation sites is 2. The van der Waals surface area contributed by atoms with Gasteiger partial charge in [0.2, 0.25) is 0 Å². The fraction of sp³-hybridized carbons (Fsp3) is 0.200. The number of hydrogen-bond acceptors (Lipinski definition) is 4. The summed E-state index contributed by atoms with van der Waals surface area (Å²) < 4.78 is 22.7. The van der Waals surface area contributed by atoms with Crippen molar-refractivity contribution in [1.82, 2.24) is 0 Å². The third kappa shape index (κ3) is 3.74. The lowest BCUT2D eigenvalue weighted by Gasteiger charge is -2.08. The highest BCUT2D eigenvalue weighted by Gasteiger charge is 2.05. The summed E-state index contributed by atoms with van der Waals surface area (Å²) in [6, 6.07) is 14.5. The first kappa shape index (κ1) is 14.4. The summed E-state index contributed by atoms with van der Waals surface area (Å²) in [4.78, 5) is 0.760. The van der Waals surface area contributed by atoms with Crippen molar-refractivity contribution in [3.8, 4) is 11.5 Å². The van der Waals surface area contributed by atoms with Gasteiger partial charge in [0, 0.05) is 4.90 Å². The molecule has 0 aliphatic heterocycles. The van der Waals surface area contributed by atoms with Crippen molar-refractivity contribution >= 4 is 16.5 Å². The maximum atomic E-state index is 12.1. The van der Waals surface area contributed by atoms with Gasteiger partial charge in [-0.1, -0.05) is 12.1 Å². The van der Waals surface area contributed by atoms with Crippen LogP contribution in [-0.4, -0.2) is 23.7 Å². The Morgan fingerprint density at radius 3 is 2.45 bits per heavy atom. The van der Waals surface area contributed by atoms with Crippen LogP contribution in [0.1, 0.15) is 0 Å². The molecule has 2 rings (SSSR count). The van der Waals surface area contributed by atoms with E-state index >= 15 is 0 Å². The Kier molecular flexibility index (Phi) is 5.01. The van der Waals surface area contributed by atoms with Crippen LogP contribution in [0.4, 0.5) is 5.69 Å². The summed E-state index contributed by atoms with van der Waals surface area (Å²) >= 11 is 0. The molecule has 4 nitrogen and oxygen atoms in total. The van der Waals surface area contributed by atoms with Crippen LogP contribution in [-0.2, 0) is 10.8 Å². The van der Waals surface area contributed by atoms with Gasteiger partial charge in [-0.25, -0.2) is 0 Å². The molecule has 0 radical (unpaired) electrons. The molecule has 0 heterocycles. The number of rotatable bonds is 6. The third-order valence-corrected chi connectivity index (χ3v) is 4.10. The lowest BCUT2D eigenvalue weighted by atomic mass is 10.3. The Bertz CT molecular complexity index is 584. The maximum Gasteiger partial charge on any atom is 0.142 e. The largest absolute Gasteiger partial charge is 0.497 e. The Morgan fingerprint density at radius 2 is 1.80 bits per heavy atom. The van der Waals surface area contributed by atoms with Crippen LogP contribution < -0.4 is 15.2 Å². The van der Waals surface area contributed by atoms with Crippen LogP contribution in [0.2, 0.25) is 0 Å². The lowest BCUT2D eigenvalue weighted by molar-refractivity contribution is 0.344. The van der Waals surface area contributed by atoms with Gasteiger partial charge >= 0.3 is 0 Å². The Balaban J connectivity index is 1.87. The van der Waals surface area contributed by atoms with Crippen molar-refractivity contribution in [2.24, 2.45) is 0 Å². The molecule has 0 saturated heterocycles. The summed E-state index contributed by atoms with van der Waals surface area (Å²) in [5.41, 5.74) is 6.35. The number of benzene rings is 2. The molecule has 106 valence electrons. The molecule has 0 saturated carbocycles. The fourth-order valence-corrected chi connectivity index (χ4v) is 2.59. The minimum Gasteiger partial charge on any atom is -0.497 e.